The summed E-state index contributed by atoms with van der Waals surface area (Å²) in [6, 6.07) is 10.0. The number of aromatic amines is 1. The lowest BCUT2D eigenvalue weighted by Crippen LogP contribution is -1.89. The summed E-state index contributed by atoms with van der Waals surface area (Å²) in [4.78, 5) is 3.17. The van der Waals surface area contributed by atoms with Crippen LogP contribution >= 0.6 is 0 Å². The maximum absolute atomic E-state index is 7.44. The zero-order valence-electron chi connectivity index (χ0n) is 6.89. The van der Waals surface area contributed by atoms with Gasteiger partial charge in [0.25, 0.3) is 0 Å². The molecule has 0 radical (unpaired) electrons. The van der Waals surface area contributed by atoms with Crippen LogP contribution < -0.4 is 0 Å². The van der Waals surface area contributed by atoms with Crippen LogP contribution in [0.1, 0.15) is 12.6 Å². The zero-order valence-corrected chi connectivity index (χ0v) is 6.89. The van der Waals surface area contributed by atoms with Gasteiger partial charge in [0, 0.05) is 10.9 Å². The summed E-state index contributed by atoms with van der Waals surface area (Å²) in [7, 11) is 0. The number of benzene rings is 1. The molecule has 0 saturated heterocycles. The number of hydrogen-bond donors (Lipinski definition) is 2. The Bertz CT molecular complexity index is 393. The second-order valence-corrected chi connectivity index (χ2v) is 2.90. The number of rotatable bonds is 1. The van der Waals surface area contributed by atoms with Crippen LogP contribution in [-0.4, -0.2) is 10.7 Å². The Balaban J connectivity index is 2.70. The SMILES string of the molecule is CC(=N)c1cc2ccccc2[nH]1. The fraction of sp³-hybridized carbons (Fsp3) is 0.100. The number of aromatic nitrogens is 1. The Kier molecular flexibility index (Phi) is 1.47. The van der Waals surface area contributed by atoms with E-state index in [-0.39, 0.29) is 0 Å². The van der Waals surface area contributed by atoms with E-state index in [1.807, 2.05) is 30.3 Å². The molecule has 0 aliphatic carbocycles. The molecule has 0 unspecified atom stereocenters. The first kappa shape index (κ1) is 7.10. The molecule has 1 heterocycles. The molecule has 0 aliphatic heterocycles. The minimum atomic E-state index is 0.575. The van der Waals surface area contributed by atoms with Gasteiger partial charge in [-0.15, -0.1) is 0 Å². The fourth-order valence-corrected chi connectivity index (χ4v) is 1.28. The summed E-state index contributed by atoms with van der Waals surface area (Å²) in [6.45, 7) is 1.78. The van der Waals surface area contributed by atoms with Crippen LogP contribution in [0.3, 0.4) is 0 Å². The zero-order chi connectivity index (χ0) is 8.55. The summed E-state index contributed by atoms with van der Waals surface area (Å²) < 4.78 is 0. The first-order valence-corrected chi connectivity index (χ1v) is 3.90. The molecule has 60 valence electrons. The van der Waals surface area contributed by atoms with E-state index in [1.54, 1.807) is 6.92 Å². The van der Waals surface area contributed by atoms with Gasteiger partial charge in [-0.25, -0.2) is 0 Å². The van der Waals surface area contributed by atoms with Crippen molar-refractivity contribution in [3.63, 3.8) is 0 Å². The fourth-order valence-electron chi connectivity index (χ4n) is 1.28. The van der Waals surface area contributed by atoms with Crippen molar-refractivity contribution in [3.05, 3.63) is 36.0 Å². The lowest BCUT2D eigenvalue weighted by molar-refractivity contribution is 1.36. The highest BCUT2D eigenvalue weighted by Gasteiger charge is 1.99. The van der Waals surface area contributed by atoms with E-state index < -0.39 is 0 Å². The van der Waals surface area contributed by atoms with Gasteiger partial charge in [0.2, 0.25) is 0 Å². The molecule has 1 aromatic heterocycles. The van der Waals surface area contributed by atoms with Gasteiger partial charge < -0.3 is 10.4 Å². The first-order chi connectivity index (χ1) is 5.77. The van der Waals surface area contributed by atoms with E-state index in [0.29, 0.717) is 5.71 Å². The van der Waals surface area contributed by atoms with Crippen LogP contribution in [0.15, 0.2) is 30.3 Å². The van der Waals surface area contributed by atoms with Crippen LogP contribution in [-0.2, 0) is 0 Å². The topological polar surface area (TPSA) is 39.6 Å². The Labute approximate surface area is 70.7 Å². The smallest absolute Gasteiger partial charge is 0.0599 e. The summed E-state index contributed by atoms with van der Waals surface area (Å²) in [5.41, 5.74) is 2.57. The van der Waals surface area contributed by atoms with Crippen molar-refractivity contribution >= 4 is 16.6 Å². The molecule has 2 rings (SSSR count). The van der Waals surface area contributed by atoms with Crippen LogP contribution in [0, 0.1) is 5.41 Å². The highest BCUT2D eigenvalue weighted by atomic mass is 14.7. The van der Waals surface area contributed by atoms with Crippen LogP contribution in [0.25, 0.3) is 10.9 Å². The van der Waals surface area contributed by atoms with E-state index >= 15 is 0 Å². The minimum Gasteiger partial charge on any atom is -0.354 e. The highest BCUT2D eigenvalue weighted by Crippen LogP contribution is 2.14. The van der Waals surface area contributed by atoms with Crippen molar-refractivity contribution < 1.29 is 0 Å². The number of fused-ring (bicyclic) bond motifs is 1. The van der Waals surface area contributed by atoms with Crippen molar-refractivity contribution in [2.75, 3.05) is 0 Å². The maximum atomic E-state index is 7.44. The normalized spacial score (nSPS) is 10.4. The third-order valence-electron chi connectivity index (χ3n) is 1.93. The monoisotopic (exact) mass is 158 g/mol. The second kappa shape index (κ2) is 2.48. The molecule has 0 fully saturated rings. The van der Waals surface area contributed by atoms with Crippen molar-refractivity contribution in [1.82, 2.24) is 4.98 Å². The van der Waals surface area contributed by atoms with Gasteiger partial charge in [0.15, 0.2) is 0 Å². The van der Waals surface area contributed by atoms with Crippen molar-refractivity contribution in [1.29, 1.82) is 5.41 Å². The van der Waals surface area contributed by atoms with E-state index in [0.717, 1.165) is 11.2 Å². The summed E-state index contributed by atoms with van der Waals surface area (Å²) >= 11 is 0. The van der Waals surface area contributed by atoms with Gasteiger partial charge in [-0.3, -0.25) is 0 Å². The van der Waals surface area contributed by atoms with Gasteiger partial charge in [-0.05, 0) is 19.1 Å². The predicted molar refractivity (Wildman–Crippen MR) is 50.8 cm³/mol. The van der Waals surface area contributed by atoms with E-state index in [9.17, 15) is 0 Å². The third-order valence-corrected chi connectivity index (χ3v) is 1.93. The standard InChI is InChI=1S/C10H10N2/c1-7(11)10-6-8-4-2-3-5-9(8)12-10/h2-6,11-12H,1H3. The lowest BCUT2D eigenvalue weighted by Gasteiger charge is -1.87. The Hall–Kier alpha value is -1.57. The van der Waals surface area contributed by atoms with Gasteiger partial charge >= 0.3 is 0 Å². The predicted octanol–water partition coefficient (Wildman–Crippen LogP) is 2.56. The molecule has 1 aromatic carbocycles. The molecular formula is C10H10N2. The molecule has 0 aliphatic rings. The molecule has 0 atom stereocenters. The number of hydrogen-bond acceptors (Lipinski definition) is 1. The average Bonchev–Trinajstić information content (AvgIpc) is 2.46. The Morgan fingerprint density at radius 1 is 1.33 bits per heavy atom. The Morgan fingerprint density at radius 2 is 2.08 bits per heavy atom. The molecule has 0 amide bonds. The van der Waals surface area contributed by atoms with Crippen LogP contribution in [0.4, 0.5) is 0 Å². The minimum absolute atomic E-state index is 0.575. The van der Waals surface area contributed by atoms with Crippen molar-refractivity contribution in [2.24, 2.45) is 0 Å². The van der Waals surface area contributed by atoms with E-state index in [2.05, 4.69) is 4.98 Å². The van der Waals surface area contributed by atoms with Crippen LogP contribution in [0.5, 0.6) is 0 Å². The van der Waals surface area contributed by atoms with Crippen molar-refractivity contribution in [2.45, 2.75) is 6.92 Å². The Morgan fingerprint density at radius 3 is 2.75 bits per heavy atom. The van der Waals surface area contributed by atoms with E-state index in [1.165, 1.54) is 5.39 Å². The molecule has 0 spiro atoms. The quantitative estimate of drug-likeness (QED) is 0.599. The summed E-state index contributed by atoms with van der Waals surface area (Å²) in [5.74, 6) is 0. The molecule has 0 saturated carbocycles. The van der Waals surface area contributed by atoms with Gasteiger partial charge in [-0.2, -0.15) is 0 Å². The van der Waals surface area contributed by atoms with Gasteiger partial charge in [0.1, 0.15) is 0 Å². The molecule has 2 nitrogen and oxygen atoms in total. The third kappa shape index (κ3) is 1.01. The van der Waals surface area contributed by atoms with Crippen LogP contribution in [0.2, 0.25) is 0 Å². The molecule has 2 N–H and O–H groups in total. The molecule has 2 aromatic rings. The average molecular weight is 158 g/mol. The largest absolute Gasteiger partial charge is 0.354 e. The molecule has 2 heteroatoms. The number of nitrogens with one attached hydrogen (secondary N) is 2. The first-order valence-electron chi connectivity index (χ1n) is 3.90. The highest BCUT2D eigenvalue weighted by molar-refractivity contribution is 5.99. The summed E-state index contributed by atoms with van der Waals surface area (Å²) in [6.07, 6.45) is 0. The summed E-state index contributed by atoms with van der Waals surface area (Å²) in [5, 5.41) is 8.60. The number of H-pyrrole nitrogens is 1. The lowest BCUT2D eigenvalue weighted by atomic mass is 10.2. The second-order valence-electron chi connectivity index (χ2n) is 2.90. The van der Waals surface area contributed by atoms with Crippen molar-refractivity contribution in [3.8, 4) is 0 Å². The molecule has 0 bridgehead atoms. The van der Waals surface area contributed by atoms with Gasteiger partial charge in [-0.1, -0.05) is 18.2 Å². The molecule has 12 heavy (non-hydrogen) atoms. The van der Waals surface area contributed by atoms with E-state index in [4.69, 9.17) is 5.41 Å². The molecular weight excluding hydrogens is 148 g/mol. The maximum Gasteiger partial charge on any atom is 0.0599 e. The van der Waals surface area contributed by atoms with Gasteiger partial charge in [0.05, 0.1) is 11.4 Å². The number of para-hydroxylation sites is 1.